The van der Waals surface area contributed by atoms with Crippen molar-refractivity contribution >= 4 is 23.6 Å². The quantitative estimate of drug-likeness (QED) is 0.476. The molecule has 0 spiro atoms. The first-order valence-corrected chi connectivity index (χ1v) is 6.99. The van der Waals surface area contributed by atoms with Crippen molar-refractivity contribution < 1.29 is 9.59 Å². The number of thioether (sulfide) groups is 1. The van der Waals surface area contributed by atoms with Crippen molar-refractivity contribution in [3.63, 3.8) is 0 Å². The standard InChI is InChI=1S/C13H16N2O2S/c16-12-7-6-11(13(17)15-12)14-8-9-18-10-4-2-1-3-5-10/h1-5,11,14H,6-9H2,(H,15,16,17). The number of hydrogen-bond donors (Lipinski definition) is 2. The van der Waals surface area contributed by atoms with E-state index >= 15 is 0 Å². The van der Waals surface area contributed by atoms with Crippen LogP contribution in [0, 0.1) is 0 Å². The van der Waals surface area contributed by atoms with Crippen molar-refractivity contribution in [1.29, 1.82) is 0 Å². The zero-order valence-electron chi connectivity index (χ0n) is 10.0. The van der Waals surface area contributed by atoms with Gasteiger partial charge in [0.05, 0.1) is 6.04 Å². The number of rotatable bonds is 5. The lowest BCUT2D eigenvalue weighted by atomic mass is 10.1. The summed E-state index contributed by atoms with van der Waals surface area (Å²) >= 11 is 1.75. The van der Waals surface area contributed by atoms with E-state index < -0.39 is 0 Å². The minimum absolute atomic E-state index is 0.170. The van der Waals surface area contributed by atoms with Crippen LogP contribution in [0.5, 0.6) is 0 Å². The Labute approximate surface area is 111 Å². The Morgan fingerprint density at radius 2 is 2.06 bits per heavy atom. The molecule has 1 aromatic carbocycles. The van der Waals surface area contributed by atoms with Crippen LogP contribution in [0.25, 0.3) is 0 Å². The number of carbonyl (C=O) groups is 2. The molecule has 1 aliphatic heterocycles. The van der Waals surface area contributed by atoms with Gasteiger partial charge >= 0.3 is 0 Å². The van der Waals surface area contributed by atoms with Crippen molar-refractivity contribution in [1.82, 2.24) is 10.6 Å². The number of nitrogens with one attached hydrogen (secondary N) is 2. The third-order valence-electron chi connectivity index (χ3n) is 2.74. The van der Waals surface area contributed by atoms with Gasteiger partial charge in [-0.2, -0.15) is 0 Å². The van der Waals surface area contributed by atoms with Gasteiger partial charge in [0.25, 0.3) is 0 Å². The van der Waals surface area contributed by atoms with E-state index in [0.717, 1.165) is 12.3 Å². The average Bonchev–Trinajstić information content (AvgIpc) is 2.38. The number of piperidine rings is 1. The Morgan fingerprint density at radius 3 is 2.78 bits per heavy atom. The van der Waals surface area contributed by atoms with Crippen LogP contribution in [0.2, 0.25) is 0 Å². The van der Waals surface area contributed by atoms with Gasteiger partial charge in [-0.3, -0.25) is 14.9 Å². The van der Waals surface area contributed by atoms with Gasteiger partial charge in [0.2, 0.25) is 11.8 Å². The van der Waals surface area contributed by atoms with Crippen molar-refractivity contribution in [2.45, 2.75) is 23.8 Å². The molecule has 5 heteroatoms. The largest absolute Gasteiger partial charge is 0.305 e. The van der Waals surface area contributed by atoms with E-state index in [0.29, 0.717) is 12.8 Å². The fraction of sp³-hybridized carbons (Fsp3) is 0.385. The van der Waals surface area contributed by atoms with E-state index in [1.54, 1.807) is 11.8 Å². The fourth-order valence-electron chi connectivity index (χ4n) is 1.81. The second-order valence-corrected chi connectivity index (χ2v) is 5.29. The third-order valence-corrected chi connectivity index (χ3v) is 3.76. The van der Waals surface area contributed by atoms with Gasteiger partial charge < -0.3 is 5.32 Å². The minimum atomic E-state index is -0.223. The average molecular weight is 264 g/mol. The van der Waals surface area contributed by atoms with Crippen molar-refractivity contribution in [2.75, 3.05) is 12.3 Å². The molecule has 2 N–H and O–H groups in total. The topological polar surface area (TPSA) is 58.2 Å². The van der Waals surface area contributed by atoms with E-state index in [4.69, 9.17) is 0 Å². The van der Waals surface area contributed by atoms with Crippen LogP contribution in [0.3, 0.4) is 0 Å². The number of carbonyl (C=O) groups excluding carboxylic acids is 2. The Balaban J connectivity index is 1.67. The van der Waals surface area contributed by atoms with Gasteiger partial charge in [0, 0.05) is 23.6 Å². The molecule has 1 aliphatic rings. The number of amides is 2. The SMILES string of the molecule is O=C1CCC(NCCSc2ccccc2)C(=O)N1. The Bertz CT molecular complexity index is 422. The van der Waals surface area contributed by atoms with Crippen LogP contribution in [0.4, 0.5) is 0 Å². The molecule has 0 radical (unpaired) electrons. The summed E-state index contributed by atoms with van der Waals surface area (Å²) in [5.41, 5.74) is 0. The molecule has 1 saturated heterocycles. The summed E-state index contributed by atoms with van der Waals surface area (Å²) < 4.78 is 0. The molecule has 0 aromatic heterocycles. The molecule has 4 nitrogen and oxygen atoms in total. The van der Waals surface area contributed by atoms with Crippen LogP contribution < -0.4 is 10.6 Å². The van der Waals surface area contributed by atoms with Crippen molar-refractivity contribution in [2.24, 2.45) is 0 Å². The number of imide groups is 1. The summed E-state index contributed by atoms with van der Waals surface area (Å²) in [7, 11) is 0. The highest BCUT2D eigenvalue weighted by Crippen LogP contribution is 2.16. The highest BCUT2D eigenvalue weighted by molar-refractivity contribution is 7.99. The lowest BCUT2D eigenvalue weighted by molar-refractivity contribution is -0.134. The molecule has 1 unspecified atom stereocenters. The van der Waals surface area contributed by atoms with E-state index in [1.165, 1.54) is 4.90 Å². The molecule has 2 rings (SSSR count). The zero-order chi connectivity index (χ0) is 12.8. The maximum absolute atomic E-state index is 11.5. The van der Waals surface area contributed by atoms with E-state index in [1.807, 2.05) is 18.2 Å². The Kier molecular flexibility index (Phi) is 4.78. The highest BCUT2D eigenvalue weighted by Gasteiger charge is 2.25. The summed E-state index contributed by atoms with van der Waals surface area (Å²) in [6.07, 6.45) is 1.02. The Morgan fingerprint density at radius 1 is 1.28 bits per heavy atom. The number of benzene rings is 1. The van der Waals surface area contributed by atoms with Crippen LogP contribution in [0.1, 0.15) is 12.8 Å². The lowest BCUT2D eigenvalue weighted by Gasteiger charge is -2.21. The molecule has 1 fully saturated rings. The molecule has 0 aliphatic carbocycles. The van der Waals surface area contributed by atoms with Gasteiger partial charge in [0.15, 0.2) is 0 Å². The predicted octanol–water partition coefficient (Wildman–Crippen LogP) is 1.17. The number of hydrogen-bond acceptors (Lipinski definition) is 4. The fourth-order valence-corrected chi connectivity index (χ4v) is 2.61. The van der Waals surface area contributed by atoms with Crippen LogP contribution >= 0.6 is 11.8 Å². The van der Waals surface area contributed by atoms with E-state index in [9.17, 15) is 9.59 Å². The second-order valence-electron chi connectivity index (χ2n) is 4.12. The van der Waals surface area contributed by atoms with Crippen LogP contribution in [-0.4, -0.2) is 30.2 Å². The molecule has 1 atom stereocenters. The predicted molar refractivity (Wildman–Crippen MR) is 71.3 cm³/mol. The minimum Gasteiger partial charge on any atom is -0.305 e. The molecule has 2 amide bonds. The maximum atomic E-state index is 11.5. The first-order chi connectivity index (χ1) is 8.75. The summed E-state index contributed by atoms with van der Waals surface area (Å²) in [5, 5.41) is 5.52. The van der Waals surface area contributed by atoms with Gasteiger partial charge in [-0.05, 0) is 18.6 Å². The van der Waals surface area contributed by atoms with Crippen LogP contribution in [-0.2, 0) is 9.59 Å². The van der Waals surface area contributed by atoms with Crippen LogP contribution in [0.15, 0.2) is 35.2 Å². The van der Waals surface area contributed by atoms with Gasteiger partial charge in [-0.25, -0.2) is 0 Å². The van der Waals surface area contributed by atoms with Crippen molar-refractivity contribution in [3.8, 4) is 0 Å². The first-order valence-electron chi connectivity index (χ1n) is 6.00. The highest BCUT2D eigenvalue weighted by atomic mass is 32.2. The van der Waals surface area contributed by atoms with E-state index in [2.05, 4.69) is 22.8 Å². The molecule has 0 bridgehead atoms. The van der Waals surface area contributed by atoms with Gasteiger partial charge in [0.1, 0.15) is 0 Å². The molecule has 0 saturated carbocycles. The summed E-state index contributed by atoms with van der Waals surface area (Å²) in [4.78, 5) is 23.7. The monoisotopic (exact) mass is 264 g/mol. The molecule has 1 heterocycles. The van der Waals surface area contributed by atoms with Gasteiger partial charge in [-0.1, -0.05) is 18.2 Å². The molecule has 96 valence electrons. The zero-order valence-corrected chi connectivity index (χ0v) is 10.8. The normalized spacial score (nSPS) is 19.7. The first kappa shape index (κ1) is 13.1. The smallest absolute Gasteiger partial charge is 0.243 e. The third kappa shape index (κ3) is 3.85. The molecular weight excluding hydrogens is 248 g/mol. The molecular formula is C13H16N2O2S. The maximum Gasteiger partial charge on any atom is 0.243 e. The summed E-state index contributed by atoms with van der Waals surface area (Å²) in [5.74, 6) is 0.537. The van der Waals surface area contributed by atoms with Gasteiger partial charge in [-0.15, -0.1) is 11.8 Å². The summed E-state index contributed by atoms with van der Waals surface area (Å²) in [6.45, 7) is 0.756. The van der Waals surface area contributed by atoms with E-state index in [-0.39, 0.29) is 17.9 Å². The molecule has 1 aromatic rings. The molecule has 18 heavy (non-hydrogen) atoms. The Hall–Kier alpha value is -1.33. The summed E-state index contributed by atoms with van der Waals surface area (Å²) in [6, 6.07) is 9.92. The second kappa shape index (κ2) is 6.56. The lowest BCUT2D eigenvalue weighted by Crippen LogP contribution is -2.51. The van der Waals surface area contributed by atoms with Crippen molar-refractivity contribution in [3.05, 3.63) is 30.3 Å².